The summed E-state index contributed by atoms with van der Waals surface area (Å²) < 4.78 is 0. The highest BCUT2D eigenvalue weighted by molar-refractivity contribution is 5.98. The van der Waals surface area contributed by atoms with Crippen molar-refractivity contribution in [1.82, 2.24) is 15.1 Å². The van der Waals surface area contributed by atoms with Crippen molar-refractivity contribution in [3.8, 4) is 0 Å². The molecule has 172 valence electrons. The Morgan fingerprint density at radius 3 is 2.50 bits per heavy atom. The van der Waals surface area contributed by atoms with Gasteiger partial charge in [-0.2, -0.15) is 0 Å². The minimum atomic E-state index is -0.487. The number of nitrogens with zero attached hydrogens (tertiary/aromatic N) is 2. The van der Waals surface area contributed by atoms with Gasteiger partial charge in [0.2, 0.25) is 5.91 Å². The zero-order chi connectivity index (χ0) is 23.1. The van der Waals surface area contributed by atoms with E-state index in [1.807, 2.05) is 20.8 Å². The standard InChI is InChI=1S/C26H36N4O2/c1-26(2,3)25(32)28-22-13-8-12-21(18-22)24(31)27-14-9-15-30-17-16-29(4)19-23(30)20-10-6-5-7-11-20/h5-8,10-13,18,23H,9,14-17,19H2,1-4H3,(H,27,31)(H,28,32). The molecule has 1 unspecified atom stereocenters. The summed E-state index contributed by atoms with van der Waals surface area (Å²) in [7, 11) is 2.17. The summed E-state index contributed by atoms with van der Waals surface area (Å²) in [4.78, 5) is 29.7. The fourth-order valence-electron chi connectivity index (χ4n) is 3.86. The smallest absolute Gasteiger partial charge is 0.251 e. The van der Waals surface area contributed by atoms with Gasteiger partial charge in [0.25, 0.3) is 5.91 Å². The molecule has 2 aromatic rings. The summed E-state index contributed by atoms with van der Waals surface area (Å²) in [5.74, 6) is -0.190. The number of anilines is 1. The maximum Gasteiger partial charge on any atom is 0.251 e. The Labute approximate surface area is 192 Å². The number of hydrogen-bond donors (Lipinski definition) is 2. The van der Waals surface area contributed by atoms with Gasteiger partial charge in [0.1, 0.15) is 0 Å². The van der Waals surface area contributed by atoms with Crippen LogP contribution >= 0.6 is 0 Å². The van der Waals surface area contributed by atoms with Crippen molar-refractivity contribution in [2.45, 2.75) is 33.2 Å². The summed E-state index contributed by atoms with van der Waals surface area (Å²) in [5, 5.41) is 5.91. The van der Waals surface area contributed by atoms with Crippen LogP contribution in [0.3, 0.4) is 0 Å². The van der Waals surface area contributed by atoms with Gasteiger partial charge >= 0.3 is 0 Å². The van der Waals surface area contributed by atoms with Crippen molar-refractivity contribution in [2.24, 2.45) is 5.41 Å². The largest absolute Gasteiger partial charge is 0.352 e. The van der Waals surface area contributed by atoms with Crippen molar-refractivity contribution >= 4 is 17.5 Å². The second-order valence-electron chi connectivity index (χ2n) is 9.62. The van der Waals surface area contributed by atoms with Gasteiger partial charge in [-0.05, 0) is 37.2 Å². The molecule has 1 aliphatic rings. The molecule has 1 heterocycles. The third-order valence-corrected chi connectivity index (χ3v) is 5.85. The molecule has 2 N–H and O–H groups in total. The lowest BCUT2D eigenvalue weighted by Crippen LogP contribution is -2.47. The molecule has 1 fully saturated rings. The van der Waals surface area contributed by atoms with E-state index >= 15 is 0 Å². The fraction of sp³-hybridized carbons (Fsp3) is 0.462. The SMILES string of the molecule is CN1CCN(CCCNC(=O)c2cccc(NC(=O)C(C)(C)C)c2)C(c2ccccc2)C1. The molecule has 1 saturated heterocycles. The normalized spacial score (nSPS) is 17.7. The van der Waals surface area contributed by atoms with Crippen LogP contribution in [-0.2, 0) is 4.79 Å². The molecular weight excluding hydrogens is 400 g/mol. The molecule has 6 nitrogen and oxygen atoms in total. The quantitative estimate of drug-likeness (QED) is 0.649. The number of hydrogen-bond acceptors (Lipinski definition) is 4. The van der Waals surface area contributed by atoms with Crippen LogP contribution in [0.15, 0.2) is 54.6 Å². The van der Waals surface area contributed by atoms with Crippen molar-refractivity contribution < 1.29 is 9.59 Å². The van der Waals surface area contributed by atoms with E-state index in [1.165, 1.54) is 5.56 Å². The van der Waals surface area contributed by atoms with Crippen LogP contribution < -0.4 is 10.6 Å². The second kappa shape index (κ2) is 10.7. The predicted molar refractivity (Wildman–Crippen MR) is 130 cm³/mol. The van der Waals surface area contributed by atoms with Gasteiger partial charge in [-0.1, -0.05) is 57.2 Å². The van der Waals surface area contributed by atoms with Gasteiger partial charge in [-0.25, -0.2) is 0 Å². The summed E-state index contributed by atoms with van der Waals surface area (Å²) in [6, 6.07) is 18.1. The number of rotatable bonds is 7. The molecule has 0 bridgehead atoms. The maximum absolute atomic E-state index is 12.6. The van der Waals surface area contributed by atoms with Crippen molar-refractivity contribution in [3.05, 3.63) is 65.7 Å². The summed E-state index contributed by atoms with van der Waals surface area (Å²) >= 11 is 0. The number of amides is 2. The van der Waals surface area contributed by atoms with Gasteiger partial charge in [0.15, 0.2) is 0 Å². The molecule has 0 spiro atoms. The number of nitrogens with one attached hydrogen (secondary N) is 2. The molecule has 3 rings (SSSR count). The van der Waals surface area contributed by atoms with E-state index < -0.39 is 5.41 Å². The lowest BCUT2D eigenvalue weighted by atomic mass is 9.95. The Kier molecular flexibility index (Phi) is 8.04. The van der Waals surface area contributed by atoms with E-state index in [0.717, 1.165) is 32.6 Å². The molecule has 2 amide bonds. The molecule has 0 aromatic heterocycles. The predicted octanol–water partition coefficient (Wildman–Crippen LogP) is 3.78. The molecule has 2 aromatic carbocycles. The number of carbonyl (C=O) groups is 2. The Morgan fingerprint density at radius 2 is 1.78 bits per heavy atom. The van der Waals surface area contributed by atoms with Crippen LogP contribution in [0.1, 0.15) is 49.2 Å². The van der Waals surface area contributed by atoms with Gasteiger partial charge in [-0.3, -0.25) is 14.5 Å². The summed E-state index contributed by atoms with van der Waals surface area (Å²) in [6.45, 7) is 10.2. The van der Waals surface area contributed by atoms with Crippen molar-refractivity contribution in [3.63, 3.8) is 0 Å². The first-order valence-electron chi connectivity index (χ1n) is 11.4. The van der Waals surface area contributed by atoms with Crippen LogP contribution in [-0.4, -0.2) is 61.4 Å². The van der Waals surface area contributed by atoms with Crippen LogP contribution in [0.5, 0.6) is 0 Å². The molecule has 1 atom stereocenters. The average Bonchev–Trinajstić information content (AvgIpc) is 2.77. The first kappa shape index (κ1) is 24.0. The minimum Gasteiger partial charge on any atom is -0.352 e. The molecule has 0 radical (unpaired) electrons. The Bertz CT molecular complexity index is 908. The summed E-state index contributed by atoms with van der Waals surface area (Å²) in [6.07, 6.45) is 0.888. The second-order valence-corrected chi connectivity index (χ2v) is 9.62. The zero-order valence-corrected chi connectivity index (χ0v) is 19.7. The van der Waals surface area contributed by atoms with Gasteiger partial charge in [-0.15, -0.1) is 0 Å². The molecule has 1 aliphatic heterocycles. The third kappa shape index (κ3) is 6.65. The van der Waals surface area contributed by atoms with E-state index in [2.05, 4.69) is 57.8 Å². The lowest BCUT2D eigenvalue weighted by molar-refractivity contribution is -0.123. The number of benzene rings is 2. The molecular formula is C26H36N4O2. The number of carbonyl (C=O) groups excluding carboxylic acids is 2. The Hall–Kier alpha value is -2.70. The fourth-order valence-corrected chi connectivity index (χ4v) is 3.86. The van der Waals surface area contributed by atoms with Gasteiger partial charge in [0, 0.05) is 55.4 Å². The van der Waals surface area contributed by atoms with E-state index in [-0.39, 0.29) is 11.8 Å². The van der Waals surface area contributed by atoms with Crippen molar-refractivity contribution in [2.75, 3.05) is 45.1 Å². The highest BCUT2D eigenvalue weighted by atomic mass is 16.2. The van der Waals surface area contributed by atoms with E-state index in [0.29, 0.717) is 23.8 Å². The first-order valence-corrected chi connectivity index (χ1v) is 11.4. The number of likely N-dealkylation sites (N-methyl/N-ethyl adjacent to an activating group) is 1. The minimum absolute atomic E-state index is 0.0739. The van der Waals surface area contributed by atoms with Crippen LogP contribution in [0.2, 0.25) is 0 Å². The highest BCUT2D eigenvalue weighted by Crippen LogP contribution is 2.24. The van der Waals surface area contributed by atoms with Crippen LogP contribution in [0.4, 0.5) is 5.69 Å². The lowest BCUT2D eigenvalue weighted by Gasteiger charge is -2.40. The van der Waals surface area contributed by atoms with E-state index in [4.69, 9.17) is 0 Å². The monoisotopic (exact) mass is 436 g/mol. The molecule has 6 heteroatoms. The first-order chi connectivity index (χ1) is 15.2. The zero-order valence-electron chi connectivity index (χ0n) is 19.7. The van der Waals surface area contributed by atoms with Gasteiger partial charge in [0.05, 0.1) is 0 Å². The Morgan fingerprint density at radius 1 is 1.03 bits per heavy atom. The molecule has 32 heavy (non-hydrogen) atoms. The average molecular weight is 437 g/mol. The van der Waals surface area contributed by atoms with Gasteiger partial charge < -0.3 is 15.5 Å². The Balaban J connectivity index is 1.50. The topological polar surface area (TPSA) is 64.7 Å². The van der Waals surface area contributed by atoms with E-state index in [9.17, 15) is 9.59 Å². The van der Waals surface area contributed by atoms with Crippen molar-refractivity contribution in [1.29, 1.82) is 0 Å². The van der Waals surface area contributed by atoms with E-state index in [1.54, 1.807) is 24.3 Å². The highest BCUT2D eigenvalue weighted by Gasteiger charge is 2.26. The molecule has 0 saturated carbocycles. The number of piperazine rings is 1. The van der Waals surface area contributed by atoms with Crippen LogP contribution in [0.25, 0.3) is 0 Å². The molecule has 0 aliphatic carbocycles. The summed E-state index contributed by atoms with van der Waals surface area (Å²) in [5.41, 5.74) is 2.05. The third-order valence-electron chi connectivity index (χ3n) is 5.85. The van der Waals surface area contributed by atoms with Crippen LogP contribution in [0, 0.1) is 5.41 Å². The maximum atomic E-state index is 12.6.